The van der Waals surface area contributed by atoms with Crippen LogP contribution >= 0.6 is 0 Å². The quantitative estimate of drug-likeness (QED) is 0.495. The van der Waals surface area contributed by atoms with Crippen LogP contribution in [0.2, 0.25) is 0 Å². The third-order valence-corrected chi connectivity index (χ3v) is 5.48. The highest BCUT2D eigenvalue weighted by molar-refractivity contribution is 7.89. The zero-order chi connectivity index (χ0) is 16.4. The second-order valence-corrected chi connectivity index (χ2v) is 8.10. The van der Waals surface area contributed by atoms with E-state index in [-0.39, 0.29) is 40.4 Å². The van der Waals surface area contributed by atoms with E-state index < -0.39 is 25.9 Å². The van der Waals surface area contributed by atoms with E-state index in [1.807, 2.05) is 0 Å². The van der Waals surface area contributed by atoms with E-state index in [1.54, 1.807) is 0 Å². The standard InChI is InChI=1S/C11H18FN3O4S2/c1-7-6-9(12)10(13)8(2)11(7)21(18,19)15-4-3-5-20(14,16)17/h6,15H,3-5,13H2,1-2H3,(H2,14,16,17). The van der Waals surface area contributed by atoms with Gasteiger partial charge in [-0.15, -0.1) is 0 Å². The summed E-state index contributed by atoms with van der Waals surface area (Å²) in [5.41, 5.74) is 5.60. The van der Waals surface area contributed by atoms with Crippen LogP contribution in [-0.4, -0.2) is 29.1 Å². The van der Waals surface area contributed by atoms with Crippen molar-refractivity contribution >= 4 is 25.7 Å². The summed E-state index contributed by atoms with van der Waals surface area (Å²) in [6.45, 7) is 2.76. The van der Waals surface area contributed by atoms with Gasteiger partial charge in [-0.25, -0.2) is 31.1 Å². The number of hydrogen-bond donors (Lipinski definition) is 3. The van der Waals surface area contributed by atoms with Crippen LogP contribution in [0.5, 0.6) is 0 Å². The van der Waals surface area contributed by atoms with Crippen LogP contribution in [0.3, 0.4) is 0 Å². The van der Waals surface area contributed by atoms with Crippen molar-refractivity contribution in [2.45, 2.75) is 25.2 Å². The maximum atomic E-state index is 13.4. The van der Waals surface area contributed by atoms with Gasteiger partial charge in [-0.2, -0.15) is 0 Å². The van der Waals surface area contributed by atoms with Gasteiger partial charge in [-0.1, -0.05) is 0 Å². The number of nitrogens with two attached hydrogens (primary N) is 2. The molecular weight excluding hydrogens is 321 g/mol. The molecule has 0 saturated heterocycles. The number of primary sulfonamides is 1. The minimum absolute atomic E-state index is 0.0346. The van der Waals surface area contributed by atoms with Crippen LogP contribution < -0.4 is 15.6 Å². The molecule has 1 rings (SSSR count). The molecule has 0 fully saturated rings. The lowest BCUT2D eigenvalue weighted by atomic mass is 10.1. The first-order valence-corrected chi connectivity index (χ1v) is 9.21. The fourth-order valence-electron chi connectivity index (χ4n) is 1.90. The Balaban J connectivity index is 2.97. The Labute approximate surface area is 123 Å². The number of halogens is 1. The molecule has 7 nitrogen and oxygen atoms in total. The summed E-state index contributed by atoms with van der Waals surface area (Å²) in [5, 5.41) is 4.82. The van der Waals surface area contributed by atoms with E-state index in [2.05, 4.69) is 4.72 Å². The smallest absolute Gasteiger partial charge is 0.241 e. The zero-order valence-electron chi connectivity index (χ0n) is 11.7. The van der Waals surface area contributed by atoms with Gasteiger partial charge in [-0.3, -0.25) is 0 Å². The zero-order valence-corrected chi connectivity index (χ0v) is 13.3. The molecule has 21 heavy (non-hydrogen) atoms. The molecule has 0 unspecified atom stereocenters. The first-order valence-electron chi connectivity index (χ1n) is 6.01. The molecule has 1 aromatic carbocycles. The van der Waals surface area contributed by atoms with Gasteiger partial charge >= 0.3 is 0 Å². The largest absolute Gasteiger partial charge is 0.396 e. The Morgan fingerprint density at radius 1 is 1.24 bits per heavy atom. The van der Waals surface area contributed by atoms with E-state index in [1.165, 1.54) is 13.8 Å². The SMILES string of the molecule is Cc1cc(F)c(N)c(C)c1S(=O)(=O)NCCCS(N)(=O)=O. The summed E-state index contributed by atoms with van der Waals surface area (Å²) < 4.78 is 61.6. The highest BCUT2D eigenvalue weighted by Gasteiger charge is 2.22. The average Bonchev–Trinajstić information content (AvgIpc) is 2.30. The maximum Gasteiger partial charge on any atom is 0.241 e. The summed E-state index contributed by atoms with van der Waals surface area (Å²) in [5.74, 6) is -1.02. The Bertz CT molecular complexity index is 745. The van der Waals surface area contributed by atoms with E-state index in [9.17, 15) is 21.2 Å². The lowest BCUT2D eigenvalue weighted by Crippen LogP contribution is -2.28. The minimum atomic E-state index is -3.91. The molecule has 10 heteroatoms. The topological polar surface area (TPSA) is 132 Å². The Morgan fingerprint density at radius 3 is 2.33 bits per heavy atom. The Morgan fingerprint density at radius 2 is 1.81 bits per heavy atom. The number of nitrogens with one attached hydrogen (secondary N) is 1. The minimum Gasteiger partial charge on any atom is -0.396 e. The Hall–Kier alpha value is -1.23. The number of anilines is 1. The molecule has 0 atom stereocenters. The molecule has 0 aliphatic heterocycles. The number of aryl methyl sites for hydroxylation is 1. The van der Waals surface area contributed by atoms with Crippen LogP contribution in [0.25, 0.3) is 0 Å². The number of rotatable bonds is 6. The van der Waals surface area contributed by atoms with E-state index >= 15 is 0 Å². The molecule has 0 amide bonds. The van der Waals surface area contributed by atoms with Gasteiger partial charge in [0.15, 0.2) is 0 Å². The van der Waals surface area contributed by atoms with Gasteiger partial charge in [0.1, 0.15) is 5.82 Å². The van der Waals surface area contributed by atoms with Gasteiger partial charge < -0.3 is 5.73 Å². The van der Waals surface area contributed by atoms with Crippen LogP contribution in [0.1, 0.15) is 17.5 Å². The Kier molecular flexibility index (Phi) is 5.31. The van der Waals surface area contributed by atoms with E-state index in [0.29, 0.717) is 0 Å². The van der Waals surface area contributed by atoms with Crippen molar-refractivity contribution in [2.24, 2.45) is 5.14 Å². The number of hydrogen-bond acceptors (Lipinski definition) is 5. The van der Waals surface area contributed by atoms with Gasteiger partial charge in [0.25, 0.3) is 0 Å². The predicted octanol–water partition coefficient (Wildman–Crippen LogP) is -0.0184. The van der Waals surface area contributed by atoms with Gasteiger partial charge in [-0.05, 0) is 37.5 Å². The van der Waals surface area contributed by atoms with Gasteiger partial charge in [0, 0.05) is 6.54 Å². The molecule has 0 radical (unpaired) electrons. The van der Waals surface area contributed by atoms with Crippen LogP contribution in [0, 0.1) is 19.7 Å². The summed E-state index contributed by atoms with van der Waals surface area (Å²) in [4.78, 5) is -0.1000. The molecule has 5 N–H and O–H groups in total. The third kappa shape index (κ3) is 4.63. The lowest BCUT2D eigenvalue weighted by molar-refractivity contribution is 0.574. The summed E-state index contributed by atoms with van der Waals surface area (Å²) in [6.07, 6.45) is 0.0346. The van der Waals surface area contributed by atoms with Crippen LogP contribution in [0.15, 0.2) is 11.0 Å². The molecule has 0 bridgehead atoms. The van der Waals surface area contributed by atoms with Crippen molar-refractivity contribution in [3.05, 3.63) is 23.0 Å². The molecule has 120 valence electrons. The second kappa shape index (κ2) is 6.26. The predicted molar refractivity (Wildman–Crippen MR) is 78.1 cm³/mol. The fraction of sp³-hybridized carbons (Fsp3) is 0.455. The highest BCUT2D eigenvalue weighted by Crippen LogP contribution is 2.27. The number of nitrogen functional groups attached to an aromatic ring is 1. The van der Waals surface area contributed by atoms with Crippen molar-refractivity contribution in [1.82, 2.24) is 4.72 Å². The van der Waals surface area contributed by atoms with Crippen molar-refractivity contribution < 1.29 is 21.2 Å². The second-order valence-electron chi connectivity index (χ2n) is 4.66. The molecule has 0 aliphatic rings. The van der Waals surface area contributed by atoms with Crippen molar-refractivity contribution in [2.75, 3.05) is 18.0 Å². The summed E-state index contributed by atoms with van der Waals surface area (Å²) in [6, 6.07) is 1.04. The summed E-state index contributed by atoms with van der Waals surface area (Å²) in [7, 11) is -7.55. The van der Waals surface area contributed by atoms with Crippen molar-refractivity contribution in [3.63, 3.8) is 0 Å². The van der Waals surface area contributed by atoms with E-state index in [4.69, 9.17) is 10.9 Å². The first-order chi connectivity index (χ1) is 9.46. The molecule has 0 aromatic heterocycles. The number of sulfonamides is 2. The maximum absolute atomic E-state index is 13.4. The lowest BCUT2D eigenvalue weighted by Gasteiger charge is -2.14. The van der Waals surface area contributed by atoms with Gasteiger partial charge in [0.2, 0.25) is 20.0 Å². The molecular formula is C11H18FN3O4S2. The molecule has 0 saturated carbocycles. The molecule has 0 heterocycles. The first kappa shape index (κ1) is 17.8. The normalized spacial score (nSPS) is 12.6. The van der Waals surface area contributed by atoms with E-state index in [0.717, 1.165) is 6.07 Å². The number of benzene rings is 1. The molecule has 0 aliphatic carbocycles. The van der Waals surface area contributed by atoms with Gasteiger partial charge in [0.05, 0.1) is 16.3 Å². The average molecular weight is 339 g/mol. The highest BCUT2D eigenvalue weighted by atomic mass is 32.2. The molecule has 1 aromatic rings. The molecule has 0 spiro atoms. The third-order valence-electron chi connectivity index (χ3n) is 2.87. The van der Waals surface area contributed by atoms with Crippen molar-refractivity contribution in [3.8, 4) is 0 Å². The van der Waals surface area contributed by atoms with Crippen molar-refractivity contribution in [1.29, 1.82) is 0 Å². The fourth-order valence-corrected chi connectivity index (χ4v) is 4.00. The monoisotopic (exact) mass is 339 g/mol. The summed E-state index contributed by atoms with van der Waals surface area (Å²) >= 11 is 0. The van der Waals surface area contributed by atoms with Crippen LogP contribution in [-0.2, 0) is 20.0 Å². The van der Waals surface area contributed by atoms with Crippen LogP contribution in [0.4, 0.5) is 10.1 Å².